The van der Waals surface area contributed by atoms with Gasteiger partial charge in [-0.2, -0.15) is 0 Å². The summed E-state index contributed by atoms with van der Waals surface area (Å²) >= 11 is 5.90. The van der Waals surface area contributed by atoms with Gasteiger partial charge < -0.3 is 5.73 Å². The van der Waals surface area contributed by atoms with Gasteiger partial charge >= 0.3 is 0 Å². The minimum Gasteiger partial charge on any atom is -0.324 e. The lowest BCUT2D eigenvalue weighted by atomic mass is 10.1. The quantitative estimate of drug-likeness (QED) is 0.665. The molecular formula is C9H8ClNO. The molecule has 1 aromatic rings. The standard InChI is InChI=1S/C9H8ClNO/c10-6-3-1-2-5-8(12)4-7(11)9(5)6/h1-3,7H,4,11H2/t7-/m1/s1. The molecule has 2 nitrogen and oxygen atoms in total. The number of hydrogen-bond acceptors (Lipinski definition) is 2. The summed E-state index contributed by atoms with van der Waals surface area (Å²) in [4.78, 5) is 11.3. The second kappa shape index (κ2) is 2.57. The van der Waals surface area contributed by atoms with Crippen molar-refractivity contribution < 1.29 is 4.79 Å². The molecule has 1 atom stereocenters. The molecule has 0 radical (unpaired) electrons. The van der Waals surface area contributed by atoms with Crippen molar-refractivity contribution in [3.05, 3.63) is 34.3 Å². The number of carbonyl (C=O) groups is 1. The fourth-order valence-corrected chi connectivity index (χ4v) is 1.88. The lowest BCUT2D eigenvalue weighted by Crippen LogP contribution is -2.06. The van der Waals surface area contributed by atoms with E-state index in [1.165, 1.54) is 0 Å². The Morgan fingerprint density at radius 1 is 1.50 bits per heavy atom. The smallest absolute Gasteiger partial charge is 0.165 e. The van der Waals surface area contributed by atoms with Crippen LogP contribution in [0.2, 0.25) is 5.02 Å². The zero-order valence-electron chi connectivity index (χ0n) is 6.38. The summed E-state index contributed by atoms with van der Waals surface area (Å²) in [7, 11) is 0. The molecule has 2 rings (SSSR count). The molecule has 0 heterocycles. The van der Waals surface area contributed by atoms with Gasteiger partial charge in [-0.05, 0) is 11.6 Å². The zero-order valence-corrected chi connectivity index (χ0v) is 7.14. The maximum atomic E-state index is 11.3. The van der Waals surface area contributed by atoms with E-state index >= 15 is 0 Å². The number of halogens is 1. The van der Waals surface area contributed by atoms with Crippen LogP contribution in [0.15, 0.2) is 18.2 Å². The molecule has 0 amide bonds. The third-order valence-electron chi connectivity index (χ3n) is 2.13. The van der Waals surface area contributed by atoms with Crippen LogP contribution in [0.4, 0.5) is 0 Å². The Hall–Kier alpha value is -0.860. The first-order valence-electron chi connectivity index (χ1n) is 3.77. The summed E-state index contributed by atoms with van der Waals surface area (Å²) in [5, 5.41) is 0.603. The minimum absolute atomic E-state index is 0.0972. The van der Waals surface area contributed by atoms with Gasteiger partial charge in [-0.3, -0.25) is 4.79 Å². The molecule has 0 unspecified atom stereocenters. The lowest BCUT2D eigenvalue weighted by molar-refractivity contribution is 0.0989. The Morgan fingerprint density at radius 3 is 2.92 bits per heavy atom. The maximum Gasteiger partial charge on any atom is 0.165 e. The van der Waals surface area contributed by atoms with Crippen LogP contribution < -0.4 is 5.73 Å². The van der Waals surface area contributed by atoms with Gasteiger partial charge in [0.25, 0.3) is 0 Å². The SMILES string of the molecule is N[C@@H]1CC(=O)c2cccc(Cl)c21. The summed E-state index contributed by atoms with van der Waals surface area (Å²) in [5.74, 6) is 0.0972. The van der Waals surface area contributed by atoms with Gasteiger partial charge in [0.1, 0.15) is 0 Å². The molecule has 0 spiro atoms. The van der Waals surface area contributed by atoms with Crippen LogP contribution in [0.1, 0.15) is 28.4 Å². The van der Waals surface area contributed by atoms with E-state index in [2.05, 4.69) is 0 Å². The van der Waals surface area contributed by atoms with E-state index in [9.17, 15) is 4.79 Å². The third-order valence-corrected chi connectivity index (χ3v) is 2.46. The molecular weight excluding hydrogens is 174 g/mol. The summed E-state index contributed by atoms with van der Waals surface area (Å²) in [6.45, 7) is 0. The number of carbonyl (C=O) groups excluding carboxylic acids is 1. The molecule has 0 saturated heterocycles. The summed E-state index contributed by atoms with van der Waals surface area (Å²) in [6, 6.07) is 5.10. The first kappa shape index (κ1) is 7.77. The van der Waals surface area contributed by atoms with Gasteiger partial charge in [-0.25, -0.2) is 0 Å². The number of hydrogen-bond donors (Lipinski definition) is 1. The van der Waals surface area contributed by atoms with Crippen molar-refractivity contribution in [2.24, 2.45) is 5.73 Å². The fourth-order valence-electron chi connectivity index (χ4n) is 1.57. The van der Waals surface area contributed by atoms with E-state index in [0.717, 1.165) is 5.56 Å². The van der Waals surface area contributed by atoms with Crippen molar-refractivity contribution in [3.8, 4) is 0 Å². The van der Waals surface area contributed by atoms with Crippen molar-refractivity contribution in [1.29, 1.82) is 0 Å². The van der Waals surface area contributed by atoms with Gasteiger partial charge in [0.05, 0.1) is 0 Å². The summed E-state index contributed by atoms with van der Waals surface area (Å²) in [5.41, 5.74) is 7.23. The van der Waals surface area contributed by atoms with E-state index in [4.69, 9.17) is 17.3 Å². The van der Waals surface area contributed by atoms with Crippen LogP contribution in [-0.2, 0) is 0 Å². The number of Topliss-reactive ketones (excluding diaryl/α,β-unsaturated/α-hetero) is 1. The van der Waals surface area contributed by atoms with E-state index in [1.54, 1.807) is 18.2 Å². The molecule has 0 aliphatic heterocycles. The van der Waals surface area contributed by atoms with Crippen LogP contribution in [-0.4, -0.2) is 5.78 Å². The van der Waals surface area contributed by atoms with Gasteiger partial charge in [0.2, 0.25) is 0 Å². The highest BCUT2D eigenvalue weighted by Crippen LogP contribution is 2.34. The Labute approximate surface area is 75.3 Å². The Balaban J connectivity index is 2.67. The Kier molecular flexibility index (Phi) is 1.67. The predicted molar refractivity (Wildman–Crippen MR) is 47.3 cm³/mol. The molecule has 1 aliphatic rings. The lowest BCUT2D eigenvalue weighted by Gasteiger charge is -2.04. The number of benzene rings is 1. The predicted octanol–water partition coefficient (Wildman–Crippen LogP) is 1.93. The monoisotopic (exact) mass is 181 g/mol. The molecule has 3 heteroatoms. The molecule has 62 valence electrons. The first-order chi connectivity index (χ1) is 5.70. The van der Waals surface area contributed by atoms with Crippen molar-refractivity contribution in [3.63, 3.8) is 0 Å². The molecule has 2 N–H and O–H groups in total. The minimum atomic E-state index is -0.207. The highest BCUT2D eigenvalue weighted by atomic mass is 35.5. The molecule has 0 aromatic heterocycles. The number of rotatable bonds is 0. The molecule has 0 fully saturated rings. The van der Waals surface area contributed by atoms with Crippen LogP contribution >= 0.6 is 11.6 Å². The average molecular weight is 182 g/mol. The van der Waals surface area contributed by atoms with Crippen molar-refractivity contribution in [1.82, 2.24) is 0 Å². The Morgan fingerprint density at radius 2 is 2.25 bits per heavy atom. The van der Waals surface area contributed by atoms with Gasteiger partial charge in [-0.1, -0.05) is 23.7 Å². The zero-order chi connectivity index (χ0) is 8.72. The second-order valence-corrected chi connectivity index (χ2v) is 3.34. The number of ketones is 1. The van der Waals surface area contributed by atoms with Gasteiger partial charge in [-0.15, -0.1) is 0 Å². The van der Waals surface area contributed by atoms with E-state index in [1.807, 2.05) is 0 Å². The Bertz CT molecular complexity index is 348. The van der Waals surface area contributed by atoms with E-state index < -0.39 is 0 Å². The van der Waals surface area contributed by atoms with Crippen molar-refractivity contribution in [2.75, 3.05) is 0 Å². The average Bonchev–Trinajstić information content (AvgIpc) is 2.29. The number of nitrogens with two attached hydrogens (primary N) is 1. The van der Waals surface area contributed by atoms with Crippen LogP contribution in [0.5, 0.6) is 0 Å². The van der Waals surface area contributed by atoms with E-state index in [0.29, 0.717) is 17.0 Å². The van der Waals surface area contributed by atoms with Crippen molar-refractivity contribution >= 4 is 17.4 Å². The number of fused-ring (bicyclic) bond motifs is 1. The van der Waals surface area contributed by atoms with Crippen molar-refractivity contribution in [2.45, 2.75) is 12.5 Å². The molecule has 1 aliphatic carbocycles. The maximum absolute atomic E-state index is 11.3. The van der Waals surface area contributed by atoms with Gasteiger partial charge in [0, 0.05) is 23.0 Å². The highest BCUT2D eigenvalue weighted by molar-refractivity contribution is 6.32. The topological polar surface area (TPSA) is 43.1 Å². The highest BCUT2D eigenvalue weighted by Gasteiger charge is 2.28. The largest absolute Gasteiger partial charge is 0.324 e. The third kappa shape index (κ3) is 0.958. The fraction of sp³-hybridized carbons (Fsp3) is 0.222. The second-order valence-electron chi connectivity index (χ2n) is 2.93. The molecule has 12 heavy (non-hydrogen) atoms. The van der Waals surface area contributed by atoms with Gasteiger partial charge in [0.15, 0.2) is 5.78 Å². The summed E-state index contributed by atoms with van der Waals surface area (Å²) in [6.07, 6.45) is 0.388. The van der Waals surface area contributed by atoms with Crippen LogP contribution in [0, 0.1) is 0 Å². The molecule has 0 bridgehead atoms. The normalized spacial score (nSPS) is 21.2. The van der Waals surface area contributed by atoms with Crippen LogP contribution in [0.25, 0.3) is 0 Å². The summed E-state index contributed by atoms with van der Waals surface area (Å²) < 4.78 is 0. The van der Waals surface area contributed by atoms with E-state index in [-0.39, 0.29) is 11.8 Å². The molecule has 1 aromatic carbocycles. The van der Waals surface area contributed by atoms with Crippen LogP contribution in [0.3, 0.4) is 0 Å². The molecule has 0 saturated carbocycles. The first-order valence-corrected chi connectivity index (χ1v) is 4.15.